The van der Waals surface area contributed by atoms with E-state index < -0.39 is 0 Å². The standard InChI is InChI=1S/C16H19FN4O/c1-19-15(6-7-18-19)16(22)21-10-8-20(9-11-21)12-13-2-4-14(17)5-3-13/h2-7H,8-12H2,1H3. The van der Waals surface area contributed by atoms with Gasteiger partial charge in [-0.05, 0) is 23.8 Å². The van der Waals surface area contributed by atoms with E-state index in [-0.39, 0.29) is 11.7 Å². The molecule has 0 N–H and O–H groups in total. The van der Waals surface area contributed by atoms with Gasteiger partial charge in [-0.25, -0.2) is 4.39 Å². The Balaban J connectivity index is 1.55. The molecule has 116 valence electrons. The molecule has 0 unspecified atom stereocenters. The Morgan fingerprint density at radius 1 is 1.14 bits per heavy atom. The number of carbonyl (C=O) groups is 1. The number of hydrogen-bond donors (Lipinski definition) is 0. The van der Waals surface area contributed by atoms with Crippen molar-refractivity contribution in [3.05, 3.63) is 53.6 Å². The summed E-state index contributed by atoms with van der Waals surface area (Å²) in [5.74, 6) is -0.184. The predicted molar refractivity (Wildman–Crippen MR) is 80.8 cm³/mol. The molecule has 1 fully saturated rings. The first kappa shape index (κ1) is 14.7. The maximum Gasteiger partial charge on any atom is 0.272 e. The summed E-state index contributed by atoms with van der Waals surface area (Å²) in [6.07, 6.45) is 1.64. The van der Waals surface area contributed by atoms with Crippen LogP contribution in [0.15, 0.2) is 36.5 Å². The van der Waals surface area contributed by atoms with E-state index in [1.165, 1.54) is 12.1 Å². The van der Waals surface area contributed by atoms with Gasteiger partial charge in [0, 0.05) is 46.0 Å². The fourth-order valence-electron chi connectivity index (χ4n) is 2.70. The molecule has 1 saturated heterocycles. The molecule has 5 nitrogen and oxygen atoms in total. The Hall–Kier alpha value is -2.21. The molecule has 0 bridgehead atoms. The summed E-state index contributed by atoms with van der Waals surface area (Å²) in [4.78, 5) is 16.5. The highest BCUT2D eigenvalue weighted by Gasteiger charge is 2.23. The minimum absolute atomic E-state index is 0.0291. The van der Waals surface area contributed by atoms with Gasteiger partial charge in [0.15, 0.2) is 0 Å². The lowest BCUT2D eigenvalue weighted by Crippen LogP contribution is -2.48. The Labute approximate surface area is 128 Å². The van der Waals surface area contributed by atoms with E-state index in [0.717, 1.165) is 25.2 Å². The Morgan fingerprint density at radius 3 is 2.41 bits per heavy atom. The van der Waals surface area contributed by atoms with E-state index in [9.17, 15) is 9.18 Å². The molecule has 22 heavy (non-hydrogen) atoms. The number of benzene rings is 1. The van der Waals surface area contributed by atoms with Crippen LogP contribution in [0.4, 0.5) is 4.39 Å². The third-order valence-electron chi connectivity index (χ3n) is 4.02. The van der Waals surface area contributed by atoms with Crippen molar-refractivity contribution in [2.75, 3.05) is 26.2 Å². The van der Waals surface area contributed by atoms with Gasteiger partial charge in [-0.15, -0.1) is 0 Å². The number of rotatable bonds is 3. The highest BCUT2D eigenvalue weighted by Crippen LogP contribution is 2.12. The summed E-state index contributed by atoms with van der Waals surface area (Å²) in [5, 5.41) is 4.04. The number of hydrogen-bond acceptors (Lipinski definition) is 3. The average Bonchev–Trinajstić information content (AvgIpc) is 2.96. The van der Waals surface area contributed by atoms with Gasteiger partial charge in [0.25, 0.3) is 5.91 Å². The quantitative estimate of drug-likeness (QED) is 0.863. The van der Waals surface area contributed by atoms with E-state index in [1.54, 1.807) is 24.0 Å². The first-order valence-electron chi connectivity index (χ1n) is 7.37. The lowest BCUT2D eigenvalue weighted by atomic mass is 10.2. The van der Waals surface area contributed by atoms with Crippen LogP contribution in [0.25, 0.3) is 0 Å². The molecule has 0 radical (unpaired) electrons. The summed E-state index contributed by atoms with van der Waals surface area (Å²) in [6.45, 7) is 3.83. The summed E-state index contributed by atoms with van der Waals surface area (Å²) < 4.78 is 14.5. The maximum atomic E-state index is 12.9. The average molecular weight is 302 g/mol. The van der Waals surface area contributed by atoms with Gasteiger partial charge in [0.05, 0.1) is 0 Å². The van der Waals surface area contributed by atoms with E-state index in [1.807, 2.05) is 17.0 Å². The van der Waals surface area contributed by atoms with Crippen molar-refractivity contribution >= 4 is 5.91 Å². The Bertz CT molecular complexity index is 644. The van der Waals surface area contributed by atoms with Gasteiger partial charge in [-0.1, -0.05) is 12.1 Å². The predicted octanol–water partition coefficient (Wildman–Crippen LogP) is 1.52. The molecule has 1 amide bonds. The number of aromatic nitrogens is 2. The highest BCUT2D eigenvalue weighted by atomic mass is 19.1. The zero-order valence-electron chi connectivity index (χ0n) is 12.6. The molecule has 1 aliphatic heterocycles. The summed E-state index contributed by atoms with van der Waals surface area (Å²) in [5.41, 5.74) is 1.71. The van der Waals surface area contributed by atoms with Crippen LogP contribution in [-0.4, -0.2) is 51.7 Å². The van der Waals surface area contributed by atoms with Crippen LogP contribution in [0.3, 0.4) is 0 Å². The second kappa shape index (κ2) is 6.27. The van der Waals surface area contributed by atoms with Crippen LogP contribution >= 0.6 is 0 Å². The number of carbonyl (C=O) groups excluding carboxylic acids is 1. The molecule has 1 aromatic carbocycles. The van der Waals surface area contributed by atoms with Crippen molar-refractivity contribution < 1.29 is 9.18 Å². The SMILES string of the molecule is Cn1nccc1C(=O)N1CCN(Cc2ccc(F)cc2)CC1. The van der Waals surface area contributed by atoms with Crippen LogP contribution in [-0.2, 0) is 13.6 Å². The van der Waals surface area contributed by atoms with Gasteiger partial charge >= 0.3 is 0 Å². The largest absolute Gasteiger partial charge is 0.335 e. The summed E-state index contributed by atoms with van der Waals surface area (Å²) >= 11 is 0. The molecule has 0 spiro atoms. The van der Waals surface area contributed by atoms with Crippen LogP contribution in [0.1, 0.15) is 16.1 Å². The summed E-state index contributed by atoms with van der Waals surface area (Å²) in [7, 11) is 1.78. The zero-order valence-corrected chi connectivity index (χ0v) is 12.6. The minimum atomic E-state index is -0.213. The molecule has 3 rings (SSSR count). The summed E-state index contributed by atoms with van der Waals surface area (Å²) in [6, 6.07) is 8.33. The van der Waals surface area contributed by atoms with E-state index in [2.05, 4.69) is 10.00 Å². The van der Waals surface area contributed by atoms with Crippen molar-refractivity contribution in [1.82, 2.24) is 19.6 Å². The van der Waals surface area contributed by atoms with Crippen molar-refractivity contribution in [1.29, 1.82) is 0 Å². The third kappa shape index (κ3) is 3.17. The van der Waals surface area contributed by atoms with Gasteiger partial charge in [-0.3, -0.25) is 14.4 Å². The second-order valence-corrected chi connectivity index (χ2v) is 5.53. The van der Waals surface area contributed by atoms with Crippen molar-refractivity contribution in [3.8, 4) is 0 Å². The molecule has 1 aliphatic rings. The number of halogens is 1. The van der Waals surface area contributed by atoms with Gasteiger partial charge in [-0.2, -0.15) is 5.10 Å². The molecule has 1 aromatic heterocycles. The fourth-order valence-corrected chi connectivity index (χ4v) is 2.70. The molecule has 2 heterocycles. The maximum absolute atomic E-state index is 12.9. The molecule has 6 heteroatoms. The number of nitrogens with zero attached hydrogens (tertiary/aromatic N) is 4. The zero-order chi connectivity index (χ0) is 15.5. The molecular weight excluding hydrogens is 283 g/mol. The van der Waals surface area contributed by atoms with Gasteiger partial charge in [0.2, 0.25) is 0 Å². The van der Waals surface area contributed by atoms with E-state index in [4.69, 9.17) is 0 Å². The molecule has 0 aliphatic carbocycles. The first-order chi connectivity index (χ1) is 10.6. The van der Waals surface area contributed by atoms with Crippen LogP contribution in [0, 0.1) is 5.82 Å². The van der Waals surface area contributed by atoms with Crippen molar-refractivity contribution in [3.63, 3.8) is 0 Å². The smallest absolute Gasteiger partial charge is 0.272 e. The Morgan fingerprint density at radius 2 is 1.82 bits per heavy atom. The van der Waals surface area contributed by atoms with E-state index in [0.29, 0.717) is 18.8 Å². The van der Waals surface area contributed by atoms with Gasteiger partial charge in [0.1, 0.15) is 11.5 Å². The van der Waals surface area contributed by atoms with E-state index >= 15 is 0 Å². The lowest BCUT2D eigenvalue weighted by molar-refractivity contribution is 0.0617. The van der Waals surface area contributed by atoms with Crippen molar-refractivity contribution in [2.45, 2.75) is 6.54 Å². The van der Waals surface area contributed by atoms with Crippen LogP contribution < -0.4 is 0 Å². The van der Waals surface area contributed by atoms with Crippen LogP contribution in [0.5, 0.6) is 0 Å². The number of amides is 1. The molecule has 0 saturated carbocycles. The lowest BCUT2D eigenvalue weighted by Gasteiger charge is -2.34. The second-order valence-electron chi connectivity index (χ2n) is 5.53. The molecule has 2 aromatic rings. The fraction of sp³-hybridized carbons (Fsp3) is 0.375. The monoisotopic (exact) mass is 302 g/mol. The Kier molecular flexibility index (Phi) is 4.20. The number of aryl methyl sites for hydroxylation is 1. The minimum Gasteiger partial charge on any atom is -0.335 e. The third-order valence-corrected chi connectivity index (χ3v) is 4.02. The van der Waals surface area contributed by atoms with Crippen LogP contribution in [0.2, 0.25) is 0 Å². The first-order valence-corrected chi connectivity index (χ1v) is 7.37. The highest BCUT2D eigenvalue weighted by molar-refractivity contribution is 5.92. The molecular formula is C16H19FN4O. The topological polar surface area (TPSA) is 41.4 Å². The molecule has 0 atom stereocenters. The number of piperazine rings is 1. The van der Waals surface area contributed by atoms with Gasteiger partial charge < -0.3 is 4.90 Å². The normalized spacial score (nSPS) is 16.0. The van der Waals surface area contributed by atoms with Crippen molar-refractivity contribution in [2.24, 2.45) is 7.05 Å².